The third-order valence-corrected chi connectivity index (χ3v) is 3.27. The van der Waals surface area contributed by atoms with Crippen LogP contribution >= 0.6 is 11.6 Å². The topological polar surface area (TPSA) is 29.9 Å². The van der Waals surface area contributed by atoms with Crippen LogP contribution in [0.2, 0.25) is 5.02 Å². The summed E-state index contributed by atoms with van der Waals surface area (Å²) in [5, 5.41) is 3.60. The van der Waals surface area contributed by atoms with E-state index >= 15 is 0 Å². The van der Waals surface area contributed by atoms with E-state index < -0.39 is 0 Å². The predicted octanol–water partition coefficient (Wildman–Crippen LogP) is 2.35. The number of nitrogens with one attached hydrogen (secondary N) is 1. The van der Waals surface area contributed by atoms with Gasteiger partial charge in [-0.1, -0.05) is 11.6 Å². The second kappa shape index (κ2) is 4.13. The maximum Gasteiger partial charge on any atom is 0.148 e. The van der Waals surface area contributed by atoms with Gasteiger partial charge >= 0.3 is 0 Å². The number of hydrogen-bond donors (Lipinski definition) is 1. The van der Waals surface area contributed by atoms with Gasteiger partial charge in [0.25, 0.3) is 0 Å². The van der Waals surface area contributed by atoms with Crippen molar-refractivity contribution < 1.29 is 4.39 Å². The van der Waals surface area contributed by atoms with Gasteiger partial charge in [0.1, 0.15) is 5.82 Å². The Hall–Kier alpha value is -1.39. The van der Waals surface area contributed by atoms with Crippen molar-refractivity contribution in [2.75, 3.05) is 13.1 Å². The normalized spacial score (nSPS) is 15.9. The van der Waals surface area contributed by atoms with Gasteiger partial charge in [0.15, 0.2) is 0 Å². The number of aromatic nitrogens is 2. The van der Waals surface area contributed by atoms with Crippen LogP contribution in [0.15, 0.2) is 30.7 Å². The Kier molecular flexibility index (Phi) is 2.61. The zero-order valence-corrected chi connectivity index (χ0v) is 9.78. The van der Waals surface area contributed by atoms with Crippen molar-refractivity contribution >= 4 is 11.6 Å². The molecule has 88 valence electrons. The van der Waals surface area contributed by atoms with Crippen molar-refractivity contribution in [3.63, 3.8) is 0 Å². The summed E-state index contributed by atoms with van der Waals surface area (Å²) in [7, 11) is 0. The second-order valence-corrected chi connectivity index (χ2v) is 4.58. The fourth-order valence-corrected chi connectivity index (χ4v) is 2.14. The van der Waals surface area contributed by atoms with Gasteiger partial charge < -0.3 is 5.32 Å². The van der Waals surface area contributed by atoms with Crippen LogP contribution in [0.25, 0.3) is 5.69 Å². The summed E-state index contributed by atoms with van der Waals surface area (Å²) in [6.45, 7) is 1.84. The molecule has 0 atom stereocenters. The lowest BCUT2D eigenvalue weighted by atomic mass is 10.00. The number of hydrogen-bond acceptors (Lipinski definition) is 2. The maximum absolute atomic E-state index is 13.8. The van der Waals surface area contributed by atoms with Gasteiger partial charge in [0.2, 0.25) is 0 Å². The van der Waals surface area contributed by atoms with Crippen LogP contribution in [-0.4, -0.2) is 22.6 Å². The molecule has 0 aliphatic carbocycles. The minimum Gasteiger partial charge on any atom is -0.315 e. The third kappa shape index (κ3) is 1.83. The molecule has 3 rings (SSSR count). The zero-order valence-electron chi connectivity index (χ0n) is 9.03. The summed E-state index contributed by atoms with van der Waals surface area (Å²) in [5.74, 6) is 0.0802. The second-order valence-electron chi connectivity index (χ2n) is 4.14. The summed E-state index contributed by atoms with van der Waals surface area (Å²) in [5.41, 5.74) is 1.53. The molecule has 0 bridgehead atoms. The number of benzene rings is 1. The first-order chi connectivity index (χ1) is 8.25. The highest BCUT2D eigenvalue weighted by Gasteiger charge is 2.23. The molecule has 0 saturated carbocycles. The van der Waals surface area contributed by atoms with Crippen LogP contribution in [-0.2, 0) is 0 Å². The Labute approximate surface area is 103 Å². The first kappa shape index (κ1) is 10.7. The van der Waals surface area contributed by atoms with Crippen LogP contribution in [0.3, 0.4) is 0 Å². The highest BCUT2D eigenvalue weighted by Crippen LogP contribution is 2.25. The molecule has 1 aromatic carbocycles. The molecular weight excluding hydrogens is 241 g/mol. The fraction of sp³-hybridized carbons (Fsp3) is 0.250. The Morgan fingerprint density at radius 3 is 2.88 bits per heavy atom. The maximum atomic E-state index is 13.8. The van der Waals surface area contributed by atoms with Gasteiger partial charge in [-0.3, -0.25) is 4.57 Å². The highest BCUT2D eigenvalue weighted by molar-refractivity contribution is 6.30. The van der Waals surface area contributed by atoms with Crippen LogP contribution in [0, 0.1) is 5.82 Å². The number of halogens is 2. The average molecular weight is 252 g/mol. The van der Waals surface area contributed by atoms with Crippen molar-refractivity contribution in [3.05, 3.63) is 47.3 Å². The SMILES string of the molecule is Fc1cc(Cl)ccc1-n1cncc1C1CNC1. The lowest BCUT2D eigenvalue weighted by molar-refractivity contribution is 0.434. The van der Waals surface area contributed by atoms with E-state index in [1.807, 2.05) is 0 Å². The summed E-state index contributed by atoms with van der Waals surface area (Å²) in [6.07, 6.45) is 3.43. The van der Waals surface area contributed by atoms with E-state index in [1.165, 1.54) is 6.07 Å². The Bertz CT molecular complexity index is 548. The number of imidazole rings is 1. The van der Waals surface area contributed by atoms with Gasteiger partial charge in [0.05, 0.1) is 12.0 Å². The zero-order chi connectivity index (χ0) is 11.8. The summed E-state index contributed by atoms with van der Waals surface area (Å²) >= 11 is 5.74. The monoisotopic (exact) mass is 251 g/mol. The molecule has 1 N–H and O–H groups in total. The van der Waals surface area contributed by atoms with Crippen molar-refractivity contribution in [1.29, 1.82) is 0 Å². The predicted molar refractivity (Wildman–Crippen MR) is 64.1 cm³/mol. The van der Waals surface area contributed by atoms with E-state index in [0.29, 0.717) is 16.6 Å². The van der Waals surface area contributed by atoms with E-state index in [-0.39, 0.29) is 5.82 Å². The molecule has 1 saturated heterocycles. The van der Waals surface area contributed by atoms with Gasteiger partial charge in [-0.2, -0.15) is 0 Å². The quantitative estimate of drug-likeness (QED) is 0.888. The Balaban J connectivity index is 2.05. The molecule has 0 unspecified atom stereocenters. The highest BCUT2D eigenvalue weighted by atomic mass is 35.5. The molecule has 0 amide bonds. The largest absolute Gasteiger partial charge is 0.315 e. The van der Waals surface area contributed by atoms with E-state index in [1.54, 1.807) is 29.2 Å². The molecule has 3 nitrogen and oxygen atoms in total. The Morgan fingerprint density at radius 1 is 1.41 bits per heavy atom. The van der Waals surface area contributed by atoms with E-state index in [9.17, 15) is 4.39 Å². The fourth-order valence-electron chi connectivity index (χ4n) is 1.98. The molecule has 1 aliphatic rings. The molecule has 0 radical (unpaired) electrons. The smallest absolute Gasteiger partial charge is 0.148 e. The Morgan fingerprint density at radius 2 is 2.24 bits per heavy atom. The van der Waals surface area contributed by atoms with Crippen LogP contribution in [0.4, 0.5) is 4.39 Å². The van der Waals surface area contributed by atoms with E-state index in [4.69, 9.17) is 11.6 Å². The molecule has 1 aromatic heterocycles. The van der Waals surface area contributed by atoms with E-state index in [2.05, 4.69) is 10.3 Å². The standard InChI is InChI=1S/C12H11ClFN3/c13-9-1-2-11(10(14)3-9)17-7-16-6-12(17)8-4-15-5-8/h1-3,6-8,15H,4-5H2. The molecule has 17 heavy (non-hydrogen) atoms. The molecule has 5 heteroatoms. The molecule has 2 heterocycles. The van der Waals surface area contributed by atoms with Crippen molar-refractivity contribution in [3.8, 4) is 5.69 Å². The molecular formula is C12H11ClFN3. The lowest BCUT2D eigenvalue weighted by Gasteiger charge is -2.27. The van der Waals surface area contributed by atoms with Gasteiger partial charge in [-0.05, 0) is 18.2 Å². The number of nitrogens with zero attached hydrogens (tertiary/aromatic N) is 2. The van der Waals surface area contributed by atoms with Crippen LogP contribution in [0.5, 0.6) is 0 Å². The van der Waals surface area contributed by atoms with Gasteiger partial charge in [-0.15, -0.1) is 0 Å². The molecule has 2 aromatic rings. The molecule has 1 fully saturated rings. The summed E-state index contributed by atoms with van der Waals surface area (Å²) < 4.78 is 15.6. The van der Waals surface area contributed by atoms with Crippen LogP contribution < -0.4 is 5.32 Å². The minimum absolute atomic E-state index is 0.330. The first-order valence-corrected chi connectivity index (χ1v) is 5.82. The van der Waals surface area contributed by atoms with Crippen molar-refractivity contribution in [2.24, 2.45) is 0 Å². The molecule has 0 spiro atoms. The van der Waals surface area contributed by atoms with Crippen molar-refractivity contribution in [1.82, 2.24) is 14.9 Å². The third-order valence-electron chi connectivity index (χ3n) is 3.04. The molecule has 1 aliphatic heterocycles. The van der Waals surface area contributed by atoms with Crippen molar-refractivity contribution in [2.45, 2.75) is 5.92 Å². The van der Waals surface area contributed by atoms with Crippen LogP contribution in [0.1, 0.15) is 11.6 Å². The summed E-state index contributed by atoms with van der Waals surface area (Å²) in [6, 6.07) is 4.68. The first-order valence-electron chi connectivity index (χ1n) is 5.44. The minimum atomic E-state index is -0.330. The van der Waals surface area contributed by atoms with E-state index in [0.717, 1.165) is 18.8 Å². The lowest BCUT2D eigenvalue weighted by Crippen LogP contribution is -2.40. The number of rotatable bonds is 2. The summed E-state index contributed by atoms with van der Waals surface area (Å²) in [4.78, 5) is 4.10. The van der Waals surface area contributed by atoms with Gasteiger partial charge in [0, 0.05) is 35.9 Å². The van der Waals surface area contributed by atoms with Gasteiger partial charge in [-0.25, -0.2) is 9.37 Å². The average Bonchev–Trinajstić information content (AvgIpc) is 2.64.